The topological polar surface area (TPSA) is 51.5 Å². The van der Waals surface area contributed by atoms with Gasteiger partial charge in [-0.25, -0.2) is 0 Å². The molecular weight excluding hydrogens is 290 g/mol. The Morgan fingerprint density at radius 1 is 0.957 bits per heavy atom. The molecule has 2 aromatic carbocycles. The standard InChI is InChI=1S/C19H15NO3/c21-19(12-11-16-10-5-13-22-16)20-15-6-4-9-18(14-15)23-17-7-2-1-3-8-17/h1-14H,(H,20,21)/b12-11+. The second kappa shape index (κ2) is 7.13. The molecule has 3 aromatic rings. The summed E-state index contributed by atoms with van der Waals surface area (Å²) in [7, 11) is 0. The third kappa shape index (κ3) is 4.35. The molecule has 4 nitrogen and oxygen atoms in total. The Labute approximate surface area is 134 Å². The van der Waals surface area contributed by atoms with Crippen LogP contribution in [0.4, 0.5) is 5.69 Å². The molecule has 3 rings (SSSR count). The number of nitrogens with one attached hydrogen (secondary N) is 1. The number of amides is 1. The Morgan fingerprint density at radius 3 is 2.57 bits per heavy atom. The van der Waals surface area contributed by atoms with Crippen LogP contribution in [0.25, 0.3) is 6.08 Å². The van der Waals surface area contributed by atoms with Crippen molar-refractivity contribution in [3.8, 4) is 11.5 Å². The first-order valence-corrected chi connectivity index (χ1v) is 7.15. The smallest absolute Gasteiger partial charge is 0.248 e. The van der Waals surface area contributed by atoms with Crippen molar-refractivity contribution < 1.29 is 13.9 Å². The first-order valence-electron chi connectivity index (χ1n) is 7.15. The van der Waals surface area contributed by atoms with Crippen LogP contribution in [0.15, 0.2) is 83.5 Å². The molecule has 0 aliphatic carbocycles. The maximum Gasteiger partial charge on any atom is 0.248 e. The molecule has 0 saturated heterocycles. The molecule has 1 heterocycles. The average molecular weight is 305 g/mol. The van der Waals surface area contributed by atoms with Crippen molar-refractivity contribution in [2.24, 2.45) is 0 Å². The number of benzene rings is 2. The van der Waals surface area contributed by atoms with Crippen molar-refractivity contribution in [3.05, 3.63) is 84.8 Å². The van der Waals surface area contributed by atoms with E-state index in [4.69, 9.17) is 9.15 Å². The van der Waals surface area contributed by atoms with Crippen LogP contribution in [0.1, 0.15) is 5.76 Å². The summed E-state index contributed by atoms with van der Waals surface area (Å²) in [6, 6.07) is 20.2. The lowest BCUT2D eigenvalue weighted by molar-refractivity contribution is -0.111. The Kier molecular flexibility index (Phi) is 4.55. The third-order valence-electron chi connectivity index (χ3n) is 3.02. The zero-order valence-electron chi connectivity index (χ0n) is 12.3. The van der Waals surface area contributed by atoms with Gasteiger partial charge in [0.25, 0.3) is 0 Å². The van der Waals surface area contributed by atoms with Gasteiger partial charge in [0.15, 0.2) is 0 Å². The molecular formula is C19H15NO3. The number of carbonyl (C=O) groups is 1. The van der Waals surface area contributed by atoms with Crippen LogP contribution in [0.2, 0.25) is 0 Å². The van der Waals surface area contributed by atoms with Crippen LogP contribution in [0, 0.1) is 0 Å². The quantitative estimate of drug-likeness (QED) is 0.694. The summed E-state index contributed by atoms with van der Waals surface area (Å²) in [6.07, 6.45) is 4.59. The Balaban J connectivity index is 1.64. The molecule has 0 aliphatic rings. The first kappa shape index (κ1) is 14.7. The molecule has 0 bridgehead atoms. The average Bonchev–Trinajstić information content (AvgIpc) is 3.08. The first-order chi connectivity index (χ1) is 11.3. The number of furan rings is 1. The highest BCUT2D eigenvalue weighted by molar-refractivity contribution is 6.01. The molecule has 0 spiro atoms. The molecule has 1 amide bonds. The second-order valence-corrected chi connectivity index (χ2v) is 4.78. The molecule has 0 aliphatic heterocycles. The van der Waals surface area contributed by atoms with E-state index in [0.717, 1.165) is 5.75 Å². The maximum atomic E-state index is 11.9. The molecule has 0 atom stereocenters. The summed E-state index contributed by atoms with van der Waals surface area (Å²) in [4.78, 5) is 11.9. The normalized spacial score (nSPS) is 10.6. The highest BCUT2D eigenvalue weighted by atomic mass is 16.5. The molecule has 114 valence electrons. The number of para-hydroxylation sites is 1. The summed E-state index contributed by atoms with van der Waals surface area (Å²) >= 11 is 0. The third-order valence-corrected chi connectivity index (χ3v) is 3.02. The number of carbonyl (C=O) groups excluding carboxylic acids is 1. The van der Waals surface area contributed by atoms with Gasteiger partial charge >= 0.3 is 0 Å². The summed E-state index contributed by atoms with van der Waals surface area (Å²) < 4.78 is 10.9. The fourth-order valence-electron chi connectivity index (χ4n) is 1.99. The predicted octanol–water partition coefficient (Wildman–Crippen LogP) is 4.72. The number of rotatable bonds is 5. The summed E-state index contributed by atoms with van der Waals surface area (Å²) in [5.41, 5.74) is 0.660. The SMILES string of the molecule is O=C(/C=C/c1ccco1)Nc1cccc(Oc2ccccc2)c1. The Hall–Kier alpha value is -3.27. The molecule has 0 unspecified atom stereocenters. The molecule has 23 heavy (non-hydrogen) atoms. The van der Waals surface area contributed by atoms with Crippen molar-refractivity contribution in [2.45, 2.75) is 0 Å². The summed E-state index contributed by atoms with van der Waals surface area (Å²) in [5.74, 6) is 1.79. The van der Waals surface area contributed by atoms with Gasteiger partial charge in [0.05, 0.1) is 6.26 Å². The van der Waals surface area contributed by atoms with Crippen molar-refractivity contribution in [1.82, 2.24) is 0 Å². The fourth-order valence-corrected chi connectivity index (χ4v) is 1.99. The van der Waals surface area contributed by atoms with Crippen molar-refractivity contribution in [1.29, 1.82) is 0 Å². The van der Waals surface area contributed by atoms with Crippen molar-refractivity contribution >= 4 is 17.7 Å². The Bertz CT molecular complexity index is 793. The Morgan fingerprint density at radius 2 is 1.78 bits per heavy atom. The lowest BCUT2D eigenvalue weighted by Crippen LogP contribution is -2.07. The lowest BCUT2D eigenvalue weighted by atomic mass is 10.3. The molecule has 0 radical (unpaired) electrons. The van der Waals surface area contributed by atoms with Gasteiger partial charge in [-0.3, -0.25) is 4.79 Å². The van der Waals surface area contributed by atoms with Gasteiger partial charge in [-0.1, -0.05) is 24.3 Å². The van der Waals surface area contributed by atoms with Gasteiger partial charge < -0.3 is 14.5 Å². The van der Waals surface area contributed by atoms with Gasteiger partial charge in [-0.2, -0.15) is 0 Å². The maximum absolute atomic E-state index is 11.9. The second-order valence-electron chi connectivity index (χ2n) is 4.78. The van der Waals surface area contributed by atoms with E-state index in [9.17, 15) is 4.79 Å². The van der Waals surface area contributed by atoms with Crippen LogP contribution in [-0.2, 0) is 4.79 Å². The van der Waals surface area contributed by atoms with Crippen molar-refractivity contribution in [3.63, 3.8) is 0 Å². The van der Waals surface area contributed by atoms with Crippen molar-refractivity contribution in [2.75, 3.05) is 5.32 Å². The molecule has 0 saturated carbocycles. The van der Waals surface area contributed by atoms with Gasteiger partial charge in [0, 0.05) is 17.8 Å². The summed E-state index contributed by atoms with van der Waals surface area (Å²) in [6.45, 7) is 0. The molecule has 1 aromatic heterocycles. The summed E-state index contributed by atoms with van der Waals surface area (Å²) in [5, 5.41) is 2.78. The van der Waals surface area contributed by atoms with E-state index in [1.54, 1.807) is 36.6 Å². The van der Waals surface area contributed by atoms with Crippen LogP contribution < -0.4 is 10.1 Å². The monoisotopic (exact) mass is 305 g/mol. The lowest BCUT2D eigenvalue weighted by Gasteiger charge is -2.07. The van der Waals surface area contributed by atoms with Gasteiger partial charge in [-0.15, -0.1) is 0 Å². The van der Waals surface area contributed by atoms with Gasteiger partial charge in [0.1, 0.15) is 17.3 Å². The van der Waals surface area contributed by atoms with Crippen LogP contribution in [0.5, 0.6) is 11.5 Å². The minimum atomic E-state index is -0.238. The van der Waals surface area contributed by atoms with Gasteiger partial charge in [0.2, 0.25) is 5.91 Å². The minimum Gasteiger partial charge on any atom is -0.465 e. The van der Waals surface area contributed by atoms with E-state index in [1.807, 2.05) is 42.5 Å². The van der Waals surface area contributed by atoms with Gasteiger partial charge in [-0.05, 0) is 42.5 Å². The number of ether oxygens (including phenoxy) is 1. The predicted molar refractivity (Wildman–Crippen MR) is 89.3 cm³/mol. The zero-order chi connectivity index (χ0) is 15.9. The van der Waals surface area contributed by atoms with Crippen LogP contribution in [-0.4, -0.2) is 5.91 Å². The zero-order valence-corrected chi connectivity index (χ0v) is 12.3. The molecule has 0 fully saturated rings. The van der Waals surface area contributed by atoms with E-state index >= 15 is 0 Å². The van der Waals surface area contributed by atoms with E-state index in [1.165, 1.54) is 6.08 Å². The van der Waals surface area contributed by atoms with E-state index in [2.05, 4.69) is 5.32 Å². The molecule has 4 heteroatoms. The number of hydrogen-bond donors (Lipinski definition) is 1. The van der Waals surface area contributed by atoms with E-state index in [-0.39, 0.29) is 5.91 Å². The fraction of sp³-hybridized carbons (Fsp3) is 0. The highest BCUT2D eigenvalue weighted by Crippen LogP contribution is 2.23. The van der Waals surface area contributed by atoms with Crippen LogP contribution >= 0.6 is 0 Å². The van der Waals surface area contributed by atoms with Crippen LogP contribution in [0.3, 0.4) is 0 Å². The largest absolute Gasteiger partial charge is 0.465 e. The van der Waals surface area contributed by atoms with E-state index in [0.29, 0.717) is 17.2 Å². The highest BCUT2D eigenvalue weighted by Gasteiger charge is 2.02. The number of anilines is 1. The number of hydrogen-bond acceptors (Lipinski definition) is 3. The molecule has 1 N–H and O–H groups in total. The van der Waals surface area contributed by atoms with E-state index < -0.39 is 0 Å². The minimum absolute atomic E-state index is 0.238.